The molecular weight excluding hydrogens is 458 g/mol. The normalized spacial score (nSPS) is 20.0. The molecule has 8 heteroatoms. The van der Waals surface area contributed by atoms with Crippen molar-refractivity contribution in [3.8, 4) is 11.5 Å². The Kier molecular flexibility index (Phi) is 5.56. The number of nitrogens with one attached hydrogen (secondary N) is 1. The van der Waals surface area contributed by atoms with Gasteiger partial charge in [0.1, 0.15) is 5.70 Å². The van der Waals surface area contributed by atoms with Gasteiger partial charge in [0.05, 0.1) is 0 Å². The summed E-state index contributed by atoms with van der Waals surface area (Å²) in [5.41, 5.74) is 2.33. The van der Waals surface area contributed by atoms with E-state index in [1.807, 2.05) is 22.8 Å². The molecule has 4 heterocycles. The highest BCUT2D eigenvalue weighted by molar-refractivity contribution is 6.05. The highest BCUT2D eigenvalue weighted by Crippen LogP contribution is 2.36. The van der Waals surface area contributed by atoms with E-state index < -0.39 is 0 Å². The van der Waals surface area contributed by atoms with Crippen molar-refractivity contribution in [2.24, 2.45) is 5.92 Å². The number of rotatable bonds is 4. The maximum atomic E-state index is 13.8. The first-order valence-corrected chi connectivity index (χ1v) is 12.0. The van der Waals surface area contributed by atoms with Crippen LogP contribution in [-0.4, -0.2) is 41.2 Å². The van der Waals surface area contributed by atoms with Crippen LogP contribution in [0.4, 0.5) is 0 Å². The Morgan fingerprint density at radius 2 is 1.75 bits per heavy atom. The largest absolute Gasteiger partial charge is 0.454 e. The molecule has 2 amide bonds. The van der Waals surface area contributed by atoms with Gasteiger partial charge in [-0.15, -0.1) is 0 Å². The average molecular weight is 484 g/mol. The molecule has 1 aromatic heterocycles. The van der Waals surface area contributed by atoms with Gasteiger partial charge < -0.3 is 24.3 Å². The minimum absolute atomic E-state index is 0.000457. The van der Waals surface area contributed by atoms with Gasteiger partial charge in [-0.25, -0.2) is 0 Å². The topological polar surface area (TPSA) is 89.9 Å². The summed E-state index contributed by atoms with van der Waals surface area (Å²) in [5, 5.41) is 2.84. The number of fused-ring (bicyclic) bond motifs is 5. The molecule has 2 atom stereocenters. The summed E-state index contributed by atoms with van der Waals surface area (Å²) in [4.78, 5) is 41.0. The molecule has 6 rings (SSSR count). The number of likely N-dealkylation sites (tertiary alicyclic amines) is 1. The number of ether oxygens (including phenoxy) is 2. The standard InChI is InChI=1S/C28H25N3O5/c32-26-8-4-7-23-21-11-19(15-31(23)26)14-30(16-21)28(34)22(29-27(33)20-5-2-1-3-6-20)12-18-9-10-24-25(13-18)36-17-35-24/h1-10,12-13,19,21H,11,14-17H2,(H,29,33). The second-order valence-electron chi connectivity index (χ2n) is 9.40. The fourth-order valence-corrected chi connectivity index (χ4v) is 5.34. The van der Waals surface area contributed by atoms with E-state index in [0.717, 1.165) is 12.1 Å². The van der Waals surface area contributed by atoms with Gasteiger partial charge >= 0.3 is 0 Å². The first-order valence-electron chi connectivity index (χ1n) is 12.0. The fraction of sp³-hybridized carbons (Fsp3) is 0.250. The lowest BCUT2D eigenvalue weighted by atomic mass is 9.83. The molecule has 182 valence electrons. The second kappa shape index (κ2) is 9.03. The number of pyridine rings is 1. The van der Waals surface area contributed by atoms with E-state index in [0.29, 0.717) is 42.3 Å². The molecule has 1 saturated heterocycles. The summed E-state index contributed by atoms with van der Waals surface area (Å²) in [6.07, 6.45) is 2.61. The molecule has 3 aromatic rings. The number of amides is 2. The molecule has 0 radical (unpaired) electrons. The molecule has 8 nitrogen and oxygen atoms in total. The van der Waals surface area contributed by atoms with Crippen molar-refractivity contribution in [2.75, 3.05) is 19.9 Å². The summed E-state index contributed by atoms with van der Waals surface area (Å²) >= 11 is 0. The monoisotopic (exact) mass is 483 g/mol. The first kappa shape index (κ1) is 22.2. The van der Waals surface area contributed by atoms with Gasteiger partial charge in [0.2, 0.25) is 6.79 Å². The van der Waals surface area contributed by atoms with Crippen molar-refractivity contribution in [3.63, 3.8) is 0 Å². The summed E-state index contributed by atoms with van der Waals surface area (Å²) < 4.78 is 12.7. The van der Waals surface area contributed by atoms with E-state index in [9.17, 15) is 14.4 Å². The van der Waals surface area contributed by atoms with E-state index >= 15 is 0 Å². The van der Waals surface area contributed by atoms with Crippen LogP contribution in [-0.2, 0) is 11.3 Å². The van der Waals surface area contributed by atoms with Crippen molar-refractivity contribution >= 4 is 17.9 Å². The molecule has 36 heavy (non-hydrogen) atoms. The molecule has 3 aliphatic heterocycles. The van der Waals surface area contributed by atoms with E-state index in [4.69, 9.17) is 9.47 Å². The number of hydrogen-bond acceptors (Lipinski definition) is 5. The summed E-state index contributed by atoms with van der Waals surface area (Å²) in [6.45, 7) is 1.75. The fourth-order valence-electron chi connectivity index (χ4n) is 5.34. The zero-order valence-corrected chi connectivity index (χ0v) is 19.6. The lowest BCUT2D eigenvalue weighted by Crippen LogP contribution is -2.50. The van der Waals surface area contributed by atoms with E-state index in [2.05, 4.69) is 5.32 Å². The van der Waals surface area contributed by atoms with Gasteiger partial charge in [-0.1, -0.05) is 30.3 Å². The van der Waals surface area contributed by atoms with Crippen LogP contribution in [0.25, 0.3) is 6.08 Å². The quantitative estimate of drug-likeness (QED) is 0.577. The van der Waals surface area contributed by atoms with Crippen LogP contribution in [0.2, 0.25) is 0 Å². The van der Waals surface area contributed by atoms with E-state index in [1.165, 1.54) is 0 Å². The third-order valence-corrected chi connectivity index (χ3v) is 6.99. The number of aromatic nitrogens is 1. The van der Waals surface area contributed by atoms with Crippen molar-refractivity contribution in [1.29, 1.82) is 0 Å². The third kappa shape index (κ3) is 4.15. The Balaban J connectivity index is 1.31. The van der Waals surface area contributed by atoms with E-state index in [-0.39, 0.29) is 41.7 Å². The van der Waals surface area contributed by atoms with Crippen LogP contribution in [0.3, 0.4) is 0 Å². The molecule has 2 unspecified atom stereocenters. The average Bonchev–Trinajstić information content (AvgIpc) is 3.37. The smallest absolute Gasteiger partial charge is 0.270 e. The number of carbonyl (C=O) groups is 2. The van der Waals surface area contributed by atoms with Crippen LogP contribution in [0.5, 0.6) is 11.5 Å². The maximum Gasteiger partial charge on any atom is 0.270 e. The Bertz CT molecular complexity index is 1430. The van der Waals surface area contributed by atoms with Gasteiger partial charge in [-0.2, -0.15) is 0 Å². The lowest BCUT2D eigenvalue weighted by molar-refractivity contribution is -0.130. The van der Waals surface area contributed by atoms with Gasteiger partial charge in [-0.3, -0.25) is 14.4 Å². The zero-order chi connectivity index (χ0) is 24.6. The number of carbonyl (C=O) groups excluding carboxylic acids is 2. The van der Waals surface area contributed by atoms with Crippen LogP contribution < -0.4 is 20.3 Å². The SMILES string of the molecule is O=C(NC(=Cc1ccc2c(c1)OCO2)C(=O)N1CC2CC(C1)c1cccc(=O)n1C2)c1ccccc1. The van der Waals surface area contributed by atoms with Crippen LogP contribution in [0, 0.1) is 5.92 Å². The minimum Gasteiger partial charge on any atom is -0.454 e. The Hall–Kier alpha value is -4.33. The van der Waals surface area contributed by atoms with Crippen molar-refractivity contribution in [2.45, 2.75) is 18.9 Å². The molecule has 0 saturated carbocycles. The number of hydrogen-bond donors (Lipinski definition) is 1. The van der Waals surface area contributed by atoms with Crippen molar-refractivity contribution in [3.05, 3.63) is 99.6 Å². The number of benzene rings is 2. The zero-order valence-electron chi connectivity index (χ0n) is 19.6. The molecule has 2 aromatic carbocycles. The summed E-state index contributed by atoms with van der Waals surface area (Å²) in [7, 11) is 0. The van der Waals surface area contributed by atoms with Gasteiger partial charge in [0.15, 0.2) is 11.5 Å². The predicted molar refractivity (Wildman–Crippen MR) is 133 cm³/mol. The van der Waals surface area contributed by atoms with Gasteiger partial charge in [0.25, 0.3) is 17.4 Å². The van der Waals surface area contributed by atoms with Crippen LogP contribution in [0.15, 0.2) is 77.2 Å². The third-order valence-electron chi connectivity index (χ3n) is 6.99. The molecule has 3 aliphatic rings. The second-order valence-corrected chi connectivity index (χ2v) is 9.40. The van der Waals surface area contributed by atoms with E-state index in [1.54, 1.807) is 59.5 Å². The lowest BCUT2D eigenvalue weighted by Gasteiger charge is -2.43. The minimum atomic E-state index is -0.356. The van der Waals surface area contributed by atoms with Gasteiger partial charge in [-0.05, 0) is 54.3 Å². The van der Waals surface area contributed by atoms with Gasteiger partial charge in [0, 0.05) is 42.9 Å². The molecule has 0 spiro atoms. The Labute approximate surface area is 207 Å². The molecular formula is C28H25N3O5. The molecule has 2 bridgehead atoms. The predicted octanol–water partition coefficient (Wildman–Crippen LogP) is 2.99. The highest BCUT2D eigenvalue weighted by atomic mass is 16.7. The number of piperidine rings is 1. The van der Waals surface area contributed by atoms with Crippen LogP contribution >= 0.6 is 0 Å². The maximum absolute atomic E-state index is 13.8. The van der Waals surface area contributed by atoms with Crippen LogP contribution in [0.1, 0.15) is 34.0 Å². The molecule has 1 fully saturated rings. The highest BCUT2D eigenvalue weighted by Gasteiger charge is 2.37. The Morgan fingerprint density at radius 3 is 2.61 bits per heavy atom. The van der Waals surface area contributed by atoms with Crippen molar-refractivity contribution in [1.82, 2.24) is 14.8 Å². The summed E-state index contributed by atoms with van der Waals surface area (Å²) in [5.74, 6) is 0.887. The number of nitrogens with zero attached hydrogens (tertiary/aromatic N) is 2. The molecule has 0 aliphatic carbocycles. The van der Waals surface area contributed by atoms with Crippen molar-refractivity contribution < 1.29 is 19.1 Å². The molecule has 1 N–H and O–H groups in total. The summed E-state index contributed by atoms with van der Waals surface area (Å²) in [6, 6.07) is 19.5. The Morgan fingerprint density at radius 1 is 0.917 bits per heavy atom. The first-order chi connectivity index (χ1) is 17.5.